The molecule has 1 N–H and O–H groups in total. The quantitative estimate of drug-likeness (QED) is 0.716. The summed E-state index contributed by atoms with van der Waals surface area (Å²) in [6.45, 7) is 2.12. The summed E-state index contributed by atoms with van der Waals surface area (Å²) in [6.07, 6.45) is 0.267. The van der Waals surface area contributed by atoms with Crippen molar-refractivity contribution in [1.29, 1.82) is 0 Å². The molecule has 0 aliphatic rings. The fourth-order valence-electron chi connectivity index (χ4n) is 2.52. The van der Waals surface area contributed by atoms with Crippen LogP contribution in [0, 0.1) is 6.92 Å². The van der Waals surface area contributed by atoms with Gasteiger partial charge >= 0.3 is 0 Å². The van der Waals surface area contributed by atoms with Crippen LogP contribution < -0.4 is 10.1 Å². The molecule has 3 rings (SSSR count). The van der Waals surface area contributed by atoms with Crippen molar-refractivity contribution in [3.63, 3.8) is 0 Å². The zero-order valence-corrected chi connectivity index (χ0v) is 15.2. The highest BCUT2D eigenvalue weighted by Gasteiger charge is 2.11. The van der Waals surface area contributed by atoms with Gasteiger partial charge < -0.3 is 14.6 Å². The smallest absolute Gasteiger partial charge is 0.246 e. The van der Waals surface area contributed by atoms with Crippen molar-refractivity contribution in [2.75, 3.05) is 7.11 Å². The van der Waals surface area contributed by atoms with Gasteiger partial charge in [0.25, 0.3) is 0 Å². The molecule has 0 saturated carbocycles. The lowest BCUT2D eigenvalue weighted by molar-refractivity contribution is -0.120. The third-order valence-corrected chi connectivity index (χ3v) is 4.08. The number of aromatic nitrogens is 2. The van der Waals surface area contributed by atoms with Crippen LogP contribution in [0.15, 0.2) is 47.0 Å². The summed E-state index contributed by atoms with van der Waals surface area (Å²) < 4.78 is 10.4. The second-order valence-electron chi connectivity index (χ2n) is 5.78. The minimum absolute atomic E-state index is 0.124. The van der Waals surface area contributed by atoms with E-state index >= 15 is 0 Å². The Morgan fingerprint density at radius 1 is 1.23 bits per heavy atom. The van der Waals surface area contributed by atoms with E-state index in [1.807, 2.05) is 37.3 Å². The number of hydrogen-bond donors (Lipinski definition) is 1. The number of carbonyl (C=O) groups excluding carboxylic acids is 1. The molecule has 1 amide bonds. The molecule has 2 aromatic carbocycles. The second kappa shape index (κ2) is 8.01. The molecule has 1 heterocycles. The molecule has 6 nitrogen and oxygen atoms in total. The van der Waals surface area contributed by atoms with E-state index in [9.17, 15) is 4.79 Å². The number of benzene rings is 2. The lowest BCUT2D eigenvalue weighted by atomic mass is 10.1. The molecule has 26 heavy (non-hydrogen) atoms. The Bertz CT molecular complexity index is 907. The van der Waals surface area contributed by atoms with E-state index in [2.05, 4.69) is 15.5 Å². The molecule has 0 bridgehead atoms. The maximum Gasteiger partial charge on any atom is 0.246 e. The van der Waals surface area contributed by atoms with Gasteiger partial charge in [-0.25, -0.2) is 0 Å². The van der Waals surface area contributed by atoms with E-state index in [0.29, 0.717) is 16.7 Å². The van der Waals surface area contributed by atoms with Crippen LogP contribution in [0.5, 0.6) is 5.75 Å². The third kappa shape index (κ3) is 4.40. The van der Waals surface area contributed by atoms with Crippen LogP contribution in [0.1, 0.15) is 17.0 Å². The molecule has 3 aromatic rings. The average Bonchev–Trinajstić information content (AvgIpc) is 3.10. The average molecular weight is 372 g/mol. The SMILES string of the molecule is COc1ccc(CC(=O)NCc2nc(-c3ccc(Cl)cc3)no2)cc1C. The zero-order valence-electron chi connectivity index (χ0n) is 14.5. The van der Waals surface area contributed by atoms with Crippen molar-refractivity contribution in [2.24, 2.45) is 0 Å². The van der Waals surface area contributed by atoms with Crippen LogP contribution in [0.25, 0.3) is 11.4 Å². The molecule has 0 spiro atoms. The first kappa shape index (κ1) is 17.9. The van der Waals surface area contributed by atoms with Crippen molar-refractivity contribution in [2.45, 2.75) is 19.9 Å². The number of ether oxygens (including phenoxy) is 1. The van der Waals surface area contributed by atoms with Gasteiger partial charge in [0, 0.05) is 10.6 Å². The Hall–Kier alpha value is -2.86. The van der Waals surface area contributed by atoms with E-state index in [-0.39, 0.29) is 18.9 Å². The van der Waals surface area contributed by atoms with Crippen molar-refractivity contribution < 1.29 is 14.1 Å². The molecular weight excluding hydrogens is 354 g/mol. The molecule has 0 unspecified atom stereocenters. The third-order valence-electron chi connectivity index (χ3n) is 3.83. The molecule has 134 valence electrons. The van der Waals surface area contributed by atoms with Crippen LogP contribution >= 0.6 is 11.6 Å². The number of methoxy groups -OCH3 is 1. The van der Waals surface area contributed by atoms with Gasteiger partial charge in [-0.3, -0.25) is 4.79 Å². The van der Waals surface area contributed by atoms with Crippen LogP contribution in [0.2, 0.25) is 5.02 Å². The summed E-state index contributed by atoms with van der Waals surface area (Å²) in [5.74, 6) is 1.47. The summed E-state index contributed by atoms with van der Waals surface area (Å²) in [4.78, 5) is 16.4. The monoisotopic (exact) mass is 371 g/mol. The van der Waals surface area contributed by atoms with E-state index < -0.39 is 0 Å². The zero-order chi connectivity index (χ0) is 18.5. The summed E-state index contributed by atoms with van der Waals surface area (Å²) in [5, 5.41) is 7.33. The minimum atomic E-state index is -0.124. The Balaban J connectivity index is 1.56. The van der Waals surface area contributed by atoms with Gasteiger partial charge in [0.2, 0.25) is 17.6 Å². The number of aryl methyl sites for hydroxylation is 1. The van der Waals surface area contributed by atoms with Crippen molar-refractivity contribution in [3.05, 3.63) is 64.5 Å². The highest BCUT2D eigenvalue weighted by atomic mass is 35.5. The predicted molar refractivity (Wildman–Crippen MR) is 98.0 cm³/mol. The maximum absolute atomic E-state index is 12.1. The van der Waals surface area contributed by atoms with Gasteiger partial charge in [0.15, 0.2) is 0 Å². The number of amides is 1. The lowest BCUT2D eigenvalue weighted by Gasteiger charge is -2.07. The van der Waals surface area contributed by atoms with Gasteiger partial charge in [-0.05, 0) is 48.4 Å². The first-order valence-corrected chi connectivity index (χ1v) is 8.41. The van der Waals surface area contributed by atoms with Crippen LogP contribution in [-0.2, 0) is 17.8 Å². The number of halogens is 1. The van der Waals surface area contributed by atoms with Gasteiger partial charge in [-0.2, -0.15) is 4.98 Å². The lowest BCUT2D eigenvalue weighted by Crippen LogP contribution is -2.24. The van der Waals surface area contributed by atoms with Gasteiger partial charge in [-0.1, -0.05) is 28.9 Å². The van der Waals surface area contributed by atoms with Crippen LogP contribution in [-0.4, -0.2) is 23.2 Å². The molecule has 0 aliphatic heterocycles. The normalized spacial score (nSPS) is 10.6. The number of rotatable bonds is 6. The minimum Gasteiger partial charge on any atom is -0.496 e. The largest absolute Gasteiger partial charge is 0.496 e. The Morgan fingerprint density at radius 2 is 2.00 bits per heavy atom. The Kier molecular flexibility index (Phi) is 5.53. The highest BCUT2D eigenvalue weighted by molar-refractivity contribution is 6.30. The van der Waals surface area contributed by atoms with Crippen molar-refractivity contribution >= 4 is 17.5 Å². The Labute approximate surface area is 156 Å². The van der Waals surface area contributed by atoms with Crippen LogP contribution in [0.3, 0.4) is 0 Å². The standard InChI is InChI=1S/C19H18ClN3O3/c1-12-9-13(3-8-16(12)25-2)10-17(24)21-11-18-22-19(23-26-18)14-4-6-15(20)7-5-14/h3-9H,10-11H2,1-2H3,(H,21,24). The van der Waals surface area contributed by atoms with E-state index in [0.717, 1.165) is 22.4 Å². The first-order valence-electron chi connectivity index (χ1n) is 8.04. The summed E-state index contributed by atoms with van der Waals surface area (Å²) in [6, 6.07) is 12.8. The number of carbonyl (C=O) groups is 1. The predicted octanol–water partition coefficient (Wildman–Crippen LogP) is 3.57. The molecule has 0 fully saturated rings. The molecular formula is C19H18ClN3O3. The number of hydrogen-bond acceptors (Lipinski definition) is 5. The molecule has 7 heteroatoms. The van der Waals surface area contributed by atoms with Crippen molar-refractivity contribution in [1.82, 2.24) is 15.5 Å². The van der Waals surface area contributed by atoms with Gasteiger partial charge in [0.1, 0.15) is 5.75 Å². The number of nitrogens with one attached hydrogen (secondary N) is 1. The fraction of sp³-hybridized carbons (Fsp3) is 0.211. The molecule has 0 atom stereocenters. The summed E-state index contributed by atoms with van der Waals surface area (Å²) >= 11 is 5.86. The summed E-state index contributed by atoms with van der Waals surface area (Å²) in [7, 11) is 1.62. The van der Waals surface area contributed by atoms with Gasteiger partial charge in [-0.15, -0.1) is 0 Å². The Morgan fingerprint density at radius 3 is 2.69 bits per heavy atom. The van der Waals surface area contributed by atoms with E-state index in [1.165, 1.54) is 0 Å². The first-order chi connectivity index (χ1) is 12.5. The molecule has 0 radical (unpaired) electrons. The van der Waals surface area contributed by atoms with E-state index in [1.54, 1.807) is 19.2 Å². The second-order valence-corrected chi connectivity index (χ2v) is 6.21. The molecule has 0 saturated heterocycles. The van der Waals surface area contributed by atoms with Crippen molar-refractivity contribution in [3.8, 4) is 17.1 Å². The topological polar surface area (TPSA) is 77.2 Å². The summed E-state index contributed by atoms with van der Waals surface area (Å²) in [5.41, 5.74) is 2.69. The number of nitrogens with zero attached hydrogens (tertiary/aromatic N) is 2. The van der Waals surface area contributed by atoms with E-state index in [4.69, 9.17) is 20.9 Å². The fourth-order valence-corrected chi connectivity index (χ4v) is 2.64. The highest BCUT2D eigenvalue weighted by Crippen LogP contribution is 2.19. The molecule has 1 aromatic heterocycles. The molecule has 0 aliphatic carbocycles. The maximum atomic E-state index is 12.1. The van der Waals surface area contributed by atoms with Gasteiger partial charge in [0.05, 0.1) is 20.1 Å². The van der Waals surface area contributed by atoms with Crippen LogP contribution in [0.4, 0.5) is 0 Å².